The summed E-state index contributed by atoms with van der Waals surface area (Å²) in [5.41, 5.74) is 1.16. The van der Waals surface area contributed by atoms with E-state index in [1.807, 2.05) is 34.9 Å². The van der Waals surface area contributed by atoms with E-state index in [0.717, 1.165) is 25.2 Å². The molecular weight excluding hydrogens is 272 g/mol. The van der Waals surface area contributed by atoms with Crippen LogP contribution in [0.5, 0.6) is 0 Å². The number of nitrogens with zero attached hydrogens (tertiary/aromatic N) is 2. The second kappa shape index (κ2) is 6.50. The van der Waals surface area contributed by atoms with Gasteiger partial charge in [0.2, 0.25) is 0 Å². The van der Waals surface area contributed by atoms with E-state index >= 15 is 0 Å². The lowest BCUT2D eigenvalue weighted by atomic mass is 10.2. The van der Waals surface area contributed by atoms with Gasteiger partial charge in [0.15, 0.2) is 0 Å². The molecule has 0 radical (unpaired) electrons. The van der Waals surface area contributed by atoms with Crippen LogP contribution in [0.3, 0.4) is 0 Å². The van der Waals surface area contributed by atoms with Crippen molar-refractivity contribution in [3.63, 3.8) is 0 Å². The maximum atomic E-state index is 11.9. The molecule has 0 bridgehead atoms. The Labute approximate surface area is 124 Å². The Hall–Kier alpha value is -1.20. The molecule has 0 saturated carbocycles. The van der Waals surface area contributed by atoms with Crippen molar-refractivity contribution in [2.24, 2.45) is 0 Å². The molecule has 0 aromatic heterocycles. The molecule has 0 aliphatic carbocycles. The Morgan fingerprint density at radius 3 is 2.70 bits per heavy atom. The van der Waals surface area contributed by atoms with Crippen molar-refractivity contribution in [2.75, 3.05) is 37.7 Å². The van der Waals surface area contributed by atoms with E-state index in [9.17, 15) is 4.79 Å². The molecular formula is C15H20N2O2S. The molecule has 2 saturated heterocycles. The number of rotatable bonds is 4. The van der Waals surface area contributed by atoms with Crippen LogP contribution in [-0.2, 0) is 11.3 Å². The number of benzene rings is 1. The van der Waals surface area contributed by atoms with Gasteiger partial charge in [-0.15, -0.1) is 0 Å². The fraction of sp³-hybridized carbons (Fsp3) is 0.533. The first-order valence-electron chi connectivity index (χ1n) is 7.10. The molecule has 20 heavy (non-hydrogen) atoms. The van der Waals surface area contributed by atoms with Crippen LogP contribution in [0.2, 0.25) is 0 Å². The summed E-state index contributed by atoms with van der Waals surface area (Å²) in [6, 6.07) is 10.3. The molecule has 1 aromatic carbocycles. The summed E-state index contributed by atoms with van der Waals surface area (Å²) in [6.45, 7) is 4.34. The summed E-state index contributed by atoms with van der Waals surface area (Å²) in [6.07, 6.45) is -0.176. The summed E-state index contributed by atoms with van der Waals surface area (Å²) < 4.78 is 5.25. The summed E-state index contributed by atoms with van der Waals surface area (Å²) in [4.78, 5) is 16.2. The number of thioether (sulfide) groups is 1. The van der Waals surface area contributed by atoms with Gasteiger partial charge >= 0.3 is 6.09 Å². The Balaban J connectivity index is 1.62. The van der Waals surface area contributed by atoms with Gasteiger partial charge in [0.25, 0.3) is 0 Å². The second-order valence-electron chi connectivity index (χ2n) is 5.26. The van der Waals surface area contributed by atoms with Gasteiger partial charge in [0.05, 0.1) is 6.04 Å². The molecule has 0 spiro atoms. The number of carbonyl (C=O) groups is 1. The highest BCUT2D eigenvalue weighted by atomic mass is 32.2. The Morgan fingerprint density at radius 1 is 1.20 bits per heavy atom. The first-order valence-corrected chi connectivity index (χ1v) is 8.26. The highest BCUT2D eigenvalue weighted by Gasteiger charge is 2.34. The molecule has 4 nitrogen and oxygen atoms in total. The predicted molar refractivity (Wildman–Crippen MR) is 80.9 cm³/mol. The van der Waals surface area contributed by atoms with Gasteiger partial charge in [-0.05, 0) is 5.56 Å². The summed E-state index contributed by atoms with van der Waals surface area (Å²) in [7, 11) is 0. The molecule has 108 valence electrons. The molecule has 5 heteroatoms. The third kappa shape index (κ3) is 3.27. The van der Waals surface area contributed by atoms with Crippen molar-refractivity contribution in [3.8, 4) is 0 Å². The molecule has 0 N–H and O–H groups in total. The molecule has 1 atom stereocenters. The monoisotopic (exact) mass is 292 g/mol. The van der Waals surface area contributed by atoms with Crippen LogP contribution in [0, 0.1) is 0 Å². The quantitative estimate of drug-likeness (QED) is 0.850. The van der Waals surface area contributed by atoms with Gasteiger partial charge in [-0.3, -0.25) is 9.80 Å². The van der Waals surface area contributed by atoms with E-state index in [2.05, 4.69) is 17.0 Å². The van der Waals surface area contributed by atoms with Crippen molar-refractivity contribution in [1.82, 2.24) is 9.80 Å². The summed E-state index contributed by atoms with van der Waals surface area (Å²) in [5, 5.41) is 0. The van der Waals surface area contributed by atoms with Gasteiger partial charge in [-0.2, -0.15) is 11.8 Å². The number of hydrogen-bond acceptors (Lipinski definition) is 4. The van der Waals surface area contributed by atoms with Crippen molar-refractivity contribution in [2.45, 2.75) is 12.6 Å². The van der Waals surface area contributed by atoms with Crippen LogP contribution in [0.1, 0.15) is 5.56 Å². The van der Waals surface area contributed by atoms with Crippen molar-refractivity contribution < 1.29 is 9.53 Å². The molecule has 2 aliphatic heterocycles. The highest BCUT2D eigenvalue weighted by molar-refractivity contribution is 7.99. The van der Waals surface area contributed by atoms with E-state index in [-0.39, 0.29) is 12.1 Å². The zero-order chi connectivity index (χ0) is 13.8. The Bertz CT molecular complexity index is 448. The standard InChI is InChI=1S/C15H20N2O2S/c18-15-17(10-13-4-2-1-3-5-13)14(12-19-15)11-16-6-8-20-9-7-16/h1-5,14H,6-12H2. The second-order valence-corrected chi connectivity index (χ2v) is 6.48. The number of cyclic esters (lactones) is 1. The molecule has 1 unspecified atom stereocenters. The van der Waals surface area contributed by atoms with Crippen molar-refractivity contribution in [1.29, 1.82) is 0 Å². The molecule has 2 aliphatic rings. The summed E-state index contributed by atoms with van der Waals surface area (Å²) >= 11 is 2.01. The first-order chi connectivity index (χ1) is 9.83. The van der Waals surface area contributed by atoms with Crippen LogP contribution in [-0.4, -0.2) is 59.7 Å². The Kier molecular flexibility index (Phi) is 4.47. The predicted octanol–water partition coefficient (Wildman–Crippen LogP) is 2.06. The van der Waals surface area contributed by atoms with E-state index in [1.165, 1.54) is 11.5 Å². The lowest BCUT2D eigenvalue weighted by molar-refractivity contribution is 0.154. The zero-order valence-electron chi connectivity index (χ0n) is 11.5. The van der Waals surface area contributed by atoms with Gasteiger partial charge < -0.3 is 4.74 Å². The molecule has 3 rings (SSSR count). The van der Waals surface area contributed by atoms with Crippen LogP contribution < -0.4 is 0 Å². The van der Waals surface area contributed by atoms with Crippen LogP contribution in [0.25, 0.3) is 0 Å². The van der Waals surface area contributed by atoms with Crippen LogP contribution in [0.4, 0.5) is 4.79 Å². The molecule has 2 heterocycles. The average molecular weight is 292 g/mol. The number of ether oxygens (including phenoxy) is 1. The number of carbonyl (C=O) groups excluding carboxylic acids is 1. The van der Waals surface area contributed by atoms with E-state index in [0.29, 0.717) is 13.2 Å². The van der Waals surface area contributed by atoms with Crippen molar-refractivity contribution >= 4 is 17.9 Å². The third-order valence-corrected chi connectivity index (χ3v) is 4.79. The first kappa shape index (κ1) is 13.8. The van der Waals surface area contributed by atoms with Gasteiger partial charge in [0.1, 0.15) is 6.61 Å². The lowest BCUT2D eigenvalue weighted by Gasteiger charge is -2.31. The molecule has 1 aromatic rings. The summed E-state index contributed by atoms with van der Waals surface area (Å²) in [5.74, 6) is 2.39. The zero-order valence-corrected chi connectivity index (χ0v) is 12.3. The Morgan fingerprint density at radius 2 is 1.95 bits per heavy atom. The van der Waals surface area contributed by atoms with Crippen LogP contribution in [0.15, 0.2) is 30.3 Å². The van der Waals surface area contributed by atoms with E-state index in [1.54, 1.807) is 0 Å². The van der Waals surface area contributed by atoms with E-state index in [4.69, 9.17) is 4.74 Å². The van der Waals surface area contributed by atoms with Crippen LogP contribution >= 0.6 is 11.8 Å². The third-order valence-electron chi connectivity index (χ3n) is 3.84. The molecule has 1 amide bonds. The van der Waals surface area contributed by atoms with Crippen molar-refractivity contribution in [3.05, 3.63) is 35.9 Å². The largest absolute Gasteiger partial charge is 0.447 e. The fourth-order valence-corrected chi connectivity index (χ4v) is 3.67. The minimum atomic E-state index is -0.176. The normalized spacial score (nSPS) is 23.9. The minimum absolute atomic E-state index is 0.176. The molecule has 2 fully saturated rings. The maximum absolute atomic E-state index is 11.9. The SMILES string of the molecule is O=C1OCC(CN2CCSCC2)N1Cc1ccccc1. The maximum Gasteiger partial charge on any atom is 0.410 e. The number of hydrogen-bond donors (Lipinski definition) is 0. The topological polar surface area (TPSA) is 32.8 Å². The van der Waals surface area contributed by atoms with E-state index < -0.39 is 0 Å². The lowest BCUT2D eigenvalue weighted by Crippen LogP contribution is -2.45. The highest BCUT2D eigenvalue weighted by Crippen LogP contribution is 2.19. The smallest absolute Gasteiger partial charge is 0.410 e. The minimum Gasteiger partial charge on any atom is -0.447 e. The van der Waals surface area contributed by atoms with Gasteiger partial charge in [-0.1, -0.05) is 30.3 Å². The average Bonchev–Trinajstić information content (AvgIpc) is 2.83. The fourth-order valence-electron chi connectivity index (χ4n) is 2.70. The number of amides is 1. The van der Waals surface area contributed by atoms with Gasteiger partial charge in [0, 0.05) is 37.7 Å². The van der Waals surface area contributed by atoms with Gasteiger partial charge in [-0.25, -0.2) is 4.79 Å².